The van der Waals surface area contributed by atoms with Crippen LogP contribution in [-0.2, 0) is 11.2 Å². The van der Waals surface area contributed by atoms with Crippen LogP contribution < -0.4 is 10.1 Å². The first-order valence-corrected chi connectivity index (χ1v) is 8.10. The molecule has 1 aliphatic heterocycles. The second-order valence-electron chi connectivity index (χ2n) is 6.32. The van der Waals surface area contributed by atoms with Crippen LogP contribution in [0.3, 0.4) is 0 Å². The molecule has 1 amide bonds. The lowest BCUT2D eigenvalue weighted by molar-refractivity contribution is -0.121. The SMILES string of the molecule is O=C(CC1CC1)NC[C@@H]1Cc2cccc(-c3cncnc3)c2O1. The van der Waals surface area contributed by atoms with E-state index in [4.69, 9.17) is 4.74 Å². The Morgan fingerprint density at radius 1 is 1.26 bits per heavy atom. The van der Waals surface area contributed by atoms with Crippen LogP contribution in [0.15, 0.2) is 36.9 Å². The fourth-order valence-corrected chi connectivity index (χ4v) is 3.00. The van der Waals surface area contributed by atoms with Crippen molar-refractivity contribution in [3.63, 3.8) is 0 Å². The van der Waals surface area contributed by atoms with Crippen LogP contribution in [0.5, 0.6) is 5.75 Å². The summed E-state index contributed by atoms with van der Waals surface area (Å²) in [5.74, 6) is 1.65. The normalized spacial score (nSPS) is 19.0. The van der Waals surface area contributed by atoms with Gasteiger partial charge in [0.2, 0.25) is 5.91 Å². The van der Waals surface area contributed by atoms with Crippen molar-refractivity contribution in [3.05, 3.63) is 42.5 Å². The summed E-state index contributed by atoms with van der Waals surface area (Å²) < 4.78 is 6.09. The molecular formula is C18H19N3O2. The highest BCUT2D eigenvalue weighted by atomic mass is 16.5. The number of nitrogens with one attached hydrogen (secondary N) is 1. The maximum atomic E-state index is 11.8. The summed E-state index contributed by atoms with van der Waals surface area (Å²) in [5.41, 5.74) is 3.13. The van der Waals surface area contributed by atoms with E-state index in [1.54, 1.807) is 12.4 Å². The molecule has 2 aromatic rings. The van der Waals surface area contributed by atoms with E-state index in [2.05, 4.69) is 21.4 Å². The lowest BCUT2D eigenvalue weighted by Crippen LogP contribution is -2.34. The van der Waals surface area contributed by atoms with E-state index >= 15 is 0 Å². The molecule has 0 bridgehead atoms. The van der Waals surface area contributed by atoms with Crippen molar-refractivity contribution in [1.82, 2.24) is 15.3 Å². The van der Waals surface area contributed by atoms with Crippen LogP contribution in [0.2, 0.25) is 0 Å². The third-order valence-electron chi connectivity index (χ3n) is 4.40. The Kier molecular flexibility index (Phi) is 3.69. The molecule has 0 radical (unpaired) electrons. The van der Waals surface area contributed by atoms with Gasteiger partial charge in [0.1, 0.15) is 18.2 Å². The predicted octanol–water partition coefficient (Wildman–Crippen LogP) is 2.36. The van der Waals surface area contributed by atoms with Gasteiger partial charge in [-0.15, -0.1) is 0 Å². The van der Waals surface area contributed by atoms with Crippen molar-refractivity contribution in [2.75, 3.05) is 6.54 Å². The number of nitrogens with zero attached hydrogens (tertiary/aromatic N) is 2. The number of hydrogen-bond donors (Lipinski definition) is 1. The Hall–Kier alpha value is -2.43. The van der Waals surface area contributed by atoms with Gasteiger partial charge in [0.25, 0.3) is 0 Å². The molecule has 5 nitrogen and oxygen atoms in total. The van der Waals surface area contributed by atoms with Crippen LogP contribution in [0, 0.1) is 5.92 Å². The fourth-order valence-electron chi connectivity index (χ4n) is 3.00. The summed E-state index contributed by atoms with van der Waals surface area (Å²) in [6.07, 6.45) is 8.97. The zero-order valence-electron chi connectivity index (χ0n) is 12.9. The summed E-state index contributed by atoms with van der Waals surface area (Å²) in [4.78, 5) is 20.0. The first-order valence-electron chi connectivity index (χ1n) is 8.10. The van der Waals surface area contributed by atoms with Gasteiger partial charge in [-0.3, -0.25) is 4.79 Å². The highest BCUT2D eigenvalue weighted by molar-refractivity contribution is 5.76. The second-order valence-corrected chi connectivity index (χ2v) is 6.32. The highest BCUT2D eigenvalue weighted by Crippen LogP contribution is 2.38. The molecule has 1 saturated carbocycles. The highest BCUT2D eigenvalue weighted by Gasteiger charge is 2.28. The van der Waals surface area contributed by atoms with Crippen molar-refractivity contribution >= 4 is 5.91 Å². The lowest BCUT2D eigenvalue weighted by atomic mass is 10.0. The average molecular weight is 309 g/mol. The topological polar surface area (TPSA) is 64.1 Å². The maximum Gasteiger partial charge on any atom is 0.220 e. The summed E-state index contributed by atoms with van der Waals surface area (Å²) >= 11 is 0. The summed E-state index contributed by atoms with van der Waals surface area (Å²) in [6, 6.07) is 6.12. The van der Waals surface area contributed by atoms with Crippen LogP contribution in [0.1, 0.15) is 24.8 Å². The molecule has 1 atom stereocenters. The molecule has 0 unspecified atom stereocenters. The molecule has 2 aliphatic rings. The Balaban J connectivity index is 1.44. The minimum Gasteiger partial charge on any atom is -0.487 e. The van der Waals surface area contributed by atoms with Gasteiger partial charge in [-0.2, -0.15) is 0 Å². The Labute approximate surface area is 135 Å². The van der Waals surface area contributed by atoms with Gasteiger partial charge in [0, 0.05) is 36.4 Å². The van der Waals surface area contributed by atoms with Crippen molar-refractivity contribution in [2.45, 2.75) is 31.8 Å². The number of hydrogen-bond acceptors (Lipinski definition) is 4. The maximum absolute atomic E-state index is 11.8. The fraction of sp³-hybridized carbons (Fsp3) is 0.389. The number of ether oxygens (including phenoxy) is 1. The average Bonchev–Trinajstić information content (AvgIpc) is 3.28. The minimum absolute atomic E-state index is 0.000987. The number of aromatic nitrogens is 2. The quantitative estimate of drug-likeness (QED) is 0.921. The van der Waals surface area contributed by atoms with Gasteiger partial charge in [-0.25, -0.2) is 9.97 Å². The Morgan fingerprint density at radius 2 is 2.09 bits per heavy atom. The standard InChI is InChI=1S/C18H19N3O2/c22-17(6-12-4-5-12)21-10-15-7-13-2-1-3-16(18(13)23-15)14-8-19-11-20-9-14/h1-3,8-9,11-12,15H,4-7,10H2,(H,21,22)/t15-/m0/s1. The smallest absolute Gasteiger partial charge is 0.220 e. The Morgan fingerprint density at radius 3 is 2.87 bits per heavy atom. The number of benzene rings is 1. The number of para-hydroxylation sites is 1. The third-order valence-corrected chi connectivity index (χ3v) is 4.40. The van der Waals surface area contributed by atoms with E-state index < -0.39 is 0 Å². The molecule has 1 fully saturated rings. The van der Waals surface area contributed by atoms with Crippen molar-refractivity contribution < 1.29 is 9.53 Å². The molecule has 118 valence electrons. The molecule has 1 aromatic carbocycles. The number of carbonyl (C=O) groups is 1. The van der Waals surface area contributed by atoms with Gasteiger partial charge in [-0.1, -0.05) is 18.2 Å². The molecule has 23 heavy (non-hydrogen) atoms. The molecule has 4 rings (SSSR count). The van der Waals surface area contributed by atoms with Crippen molar-refractivity contribution in [1.29, 1.82) is 0 Å². The van der Waals surface area contributed by atoms with Gasteiger partial charge in [0.05, 0.1) is 6.54 Å². The van der Waals surface area contributed by atoms with E-state index in [1.807, 2.05) is 12.1 Å². The summed E-state index contributed by atoms with van der Waals surface area (Å²) in [5, 5.41) is 3.00. The third kappa shape index (κ3) is 3.18. The zero-order valence-corrected chi connectivity index (χ0v) is 12.9. The molecule has 1 N–H and O–H groups in total. The molecule has 0 saturated heterocycles. The summed E-state index contributed by atoms with van der Waals surface area (Å²) in [6.45, 7) is 0.560. The van der Waals surface area contributed by atoms with E-state index in [0.717, 1.165) is 23.3 Å². The largest absolute Gasteiger partial charge is 0.487 e. The zero-order chi connectivity index (χ0) is 15.6. The van der Waals surface area contributed by atoms with Crippen LogP contribution >= 0.6 is 0 Å². The number of amides is 1. The van der Waals surface area contributed by atoms with Crippen molar-refractivity contribution in [2.24, 2.45) is 5.92 Å². The number of rotatable bonds is 5. The van der Waals surface area contributed by atoms with Gasteiger partial charge >= 0.3 is 0 Å². The van der Waals surface area contributed by atoms with Gasteiger partial charge in [0.15, 0.2) is 0 Å². The lowest BCUT2D eigenvalue weighted by Gasteiger charge is -2.13. The Bertz CT molecular complexity index is 713. The second kappa shape index (κ2) is 5.99. The van der Waals surface area contributed by atoms with E-state index in [-0.39, 0.29) is 12.0 Å². The van der Waals surface area contributed by atoms with E-state index in [1.165, 1.54) is 24.7 Å². The molecule has 5 heteroatoms. The van der Waals surface area contributed by atoms with Crippen LogP contribution in [-0.4, -0.2) is 28.5 Å². The molecule has 2 heterocycles. The van der Waals surface area contributed by atoms with Crippen molar-refractivity contribution in [3.8, 4) is 16.9 Å². The predicted molar refractivity (Wildman–Crippen MR) is 85.9 cm³/mol. The van der Waals surface area contributed by atoms with Crippen LogP contribution in [0.25, 0.3) is 11.1 Å². The first-order chi connectivity index (χ1) is 11.3. The molecule has 1 aliphatic carbocycles. The first kappa shape index (κ1) is 14.2. The molecular weight excluding hydrogens is 290 g/mol. The van der Waals surface area contributed by atoms with E-state index in [9.17, 15) is 4.79 Å². The molecule has 0 spiro atoms. The number of carbonyl (C=O) groups excluding carboxylic acids is 1. The van der Waals surface area contributed by atoms with Gasteiger partial charge < -0.3 is 10.1 Å². The monoisotopic (exact) mass is 309 g/mol. The van der Waals surface area contributed by atoms with E-state index in [0.29, 0.717) is 18.9 Å². The number of fused-ring (bicyclic) bond motifs is 1. The molecule has 1 aromatic heterocycles. The summed E-state index contributed by atoms with van der Waals surface area (Å²) in [7, 11) is 0. The van der Waals surface area contributed by atoms with Gasteiger partial charge in [-0.05, 0) is 24.3 Å². The minimum atomic E-state index is -0.000987. The van der Waals surface area contributed by atoms with Crippen LogP contribution in [0.4, 0.5) is 0 Å².